The largest absolute Gasteiger partial charge is 0.456 e. The van der Waals surface area contributed by atoms with E-state index in [2.05, 4.69) is 20.3 Å². The minimum atomic E-state index is -0.162. The molecule has 0 aromatic carbocycles. The first-order chi connectivity index (χ1) is 11.1. The number of hydrogen-bond donors (Lipinski definition) is 1. The second kappa shape index (κ2) is 6.53. The fourth-order valence-electron chi connectivity index (χ4n) is 1.92. The van der Waals surface area contributed by atoms with Gasteiger partial charge in [0.1, 0.15) is 17.3 Å². The predicted octanol–water partition coefficient (Wildman–Crippen LogP) is 3.66. The molecule has 0 saturated carbocycles. The Morgan fingerprint density at radius 3 is 2.65 bits per heavy atom. The summed E-state index contributed by atoms with van der Waals surface area (Å²) in [5, 5.41) is 3.60. The third kappa shape index (κ3) is 3.89. The minimum Gasteiger partial charge on any atom is -0.456 e. The van der Waals surface area contributed by atoms with Crippen LogP contribution in [-0.4, -0.2) is 20.9 Å². The SMILES string of the molecule is CC(=O)Nc1ccc(Oc2ccnc(-c3cnc(C)s3)c2)cn1. The first-order valence-electron chi connectivity index (χ1n) is 6.90. The van der Waals surface area contributed by atoms with Crippen molar-refractivity contribution in [2.75, 3.05) is 5.32 Å². The van der Waals surface area contributed by atoms with Gasteiger partial charge >= 0.3 is 0 Å². The molecule has 0 aliphatic carbocycles. The summed E-state index contributed by atoms with van der Waals surface area (Å²) >= 11 is 1.58. The second-order valence-corrected chi connectivity index (χ2v) is 6.02. The molecule has 23 heavy (non-hydrogen) atoms. The number of amides is 1. The van der Waals surface area contributed by atoms with Crippen LogP contribution >= 0.6 is 11.3 Å². The summed E-state index contributed by atoms with van der Waals surface area (Å²) < 4.78 is 5.78. The third-order valence-electron chi connectivity index (χ3n) is 2.88. The number of nitrogens with one attached hydrogen (secondary N) is 1. The summed E-state index contributed by atoms with van der Waals surface area (Å²) in [6.45, 7) is 3.39. The van der Waals surface area contributed by atoms with Crippen molar-refractivity contribution in [3.05, 3.63) is 47.9 Å². The Hall–Kier alpha value is -2.80. The molecule has 116 valence electrons. The molecule has 0 radical (unpaired) electrons. The lowest BCUT2D eigenvalue weighted by atomic mass is 10.3. The number of carbonyl (C=O) groups is 1. The number of rotatable bonds is 4. The molecule has 3 aromatic rings. The number of ether oxygens (including phenoxy) is 1. The first-order valence-corrected chi connectivity index (χ1v) is 7.72. The molecule has 1 amide bonds. The van der Waals surface area contributed by atoms with Crippen LogP contribution in [0.1, 0.15) is 11.9 Å². The highest BCUT2D eigenvalue weighted by Crippen LogP contribution is 2.28. The molecule has 0 spiro atoms. The van der Waals surface area contributed by atoms with Crippen molar-refractivity contribution in [3.63, 3.8) is 0 Å². The van der Waals surface area contributed by atoms with Gasteiger partial charge in [0, 0.05) is 25.4 Å². The topological polar surface area (TPSA) is 77.0 Å². The Morgan fingerprint density at radius 1 is 1.13 bits per heavy atom. The van der Waals surface area contributed by atoms with Crippen molar-refractivity contribution in [1.29, 1.82) is 0 Å². The van der Waals surface area contributed by atoms with Gasteiger partial charge in [0.2, 0.25) is 5.91 Å². The quantitative estimate of drug-likeness (QED) is 0.791. The fourth-order valence-corrected chi connectivity index (χ4v) is 2.67. The molecule has 6 nitrogen and oxygen atoms in total. The monoisotopic (exact) mass is 326 g/mol. The number of nitrogens with zero attached hydrogens (tertiary/aromatic N) is 3. The van der Waals surface area contributed by atoms with Gasteiger partial charge in [-0.2, -0.15) is 0 Å². The molecule has 0 saturated heterocycles. The highest BCUT2D eigenvalue weighted by molar-refractivity contribution is 7.15. The molecule has 3 heterocycles. The highest BCUT2D eigenvalue weighted by Gasteiger charge is 2.06. The van der Waals surface area contributed by atoms with Crippen LogP contribution in [0.2, 0.25) is 0 Å². The van der Waals surface area contributed by atoms with E-state index in [0.29, 0.717) is 17.3 Å². The van der Waals surface area contributed by atoms with E-state index in [1.165, 1.54) is 6.92 Å². The molecule has 1 N–H and O–H groups in total. The maximum absolute atomic E-state index is 11.0. The van der Waals surface area contributed by atoms with Crippen molar-refractivity contribution in [2.45, 2.75) is 13.8 Å². The zero-order valence-corrected chi connectivity index (χ0v) is 13.4. The van der Waals surface area contributed by atoms with Crippen molar-refractivity contribution in [3.8, 4) is 22.1 Å². The Bertz CT molecular complexity index is 830. The van der Waals surface area contributed by atoms with Crippen LogP contribution in [0.15, 0.2) is 42.9 Å². The summed E-state index contributed by atoms with van der Waals surface area (Å²) in [6.07, 6.45) is 5.05. The van der Waals surface area contributed by atoms with E-state index in [9.17, 15) is 4.79 Å². The predicted molar refractivity (Wildman–Crippen MR) is 88.7 cm³/mol. The van der Waals surface area contributed by atoms with E-state index in [1.807, 2.05) is 13.0 Å². The first kappa shape index (κ1) is 15.1. The van der Waals surface area contributed by atoms with Crippen molar-refractivity contribution in [2.24, 2.45) is 0 Å². The average molecular weight is 326 g/mol. The Balaban J connectivity index is 1.76. The summed E-state index contributed by atoms with van der Waals surface area (Å²) in [5.74, 6) is 1.57. The lowest BCUT2D eigenvalue weighted by Crippen LogP contribution is -2.06. The standard InChI is InChI=1S/C16H14N4O2S/c1-10(21)20-16-4-3-13(8-19-16)22-12-5-6-17-14(7-12)15-9-18-11(2)23-15/h3-9H,1-2H3,(H,19,20,21). The maximum atomic E-state index is 11.0. The highest BCUT2D eigenvalue weighted by atomic mass is 32.1. The molecule has 0 unspecified atom stereocenters. The number of aryl methyl sites for hydroxylation is 1. The van der Waals surface area contributed by atoms with Crippen LogP contribution in [0.3, 0.4) is 0 Å². The number of aromatic nitrogens is 3. The summed E-state index contributed by atoms with van der Waals surface area (Å²) in [6, 6.07) is 7.06. The van der Waals surface area contributed by atoms with Crippen LogP contribution in [-0.2, 0) is 4.79 Å². The summed E-state index contributed by atoms with van der Waals surface area (Å²) in [5.41, 5.74) is 0.816. The molecule has 0 fully saturated rings. The van der Waals surface area contributed by atoms with Crippen molar-refractivity contribution < 1.29 is 9.53 Å². The normalized spacial score (nSPS) is 10.3. The van der Waals surface area contributed by atoms with Gasteiger partial charge < -0.3 is 10.1 Å². The van der Waals surface area contributed by atoms with E-state index in [1.54, 1.807) is 48.1 Å². The lowest BCUT2D eigenvalue weighted by Gasteiger charge is -2.07. The summed E-state index contributed by atoms with van der Waals surface area (Å²) in [4.78, 5) is 24.7. The van der Waals surface area contributed by atoms with Crippen LogP contribution in [0.4, 0.5) is 5.82 Å². The zero-order valence-electron chi connectivity index (χ0n) is 12.6. The van der Waals surface area contributed by atoms with Gasteiger partial charge in [-0.05, 0) is 25.1 Å². The van der Waals surface area contributed by atoms with E-state index < -0.39 is 0 Å². The molecule has 0 aliphatic rings. The van der Waals surface area contributed by atoms with Gasteiger partial charge in [0.25, 0.3) is 0 Å². The third-order valence-corrected chi connectivity index (χ3v) is 3.82. The lowest BCUT2D eigenvalue weighted by molar-refractivity contribution is -0.114. The Kier molecular flexibility index (Phi) is 4.29. The van der Waals surface area contributed by atoms with E-state index >= 15 is 0 Å². The summed E-state index contributed by atoms with van der Waals surface area (Å²) in [7, 11) is 0. The van der Waals surface area contributed by atoms with Crippen LogP contribution < -0.4 is 10.1 Å². The van der Waals surface area contributed by atoms with Crippen LogP contribution in [0.25, 0.3) is 10.6 Å². The van der Waals surface area contributed by atoms with E-state index in [4.69, 9.17) is 4.74 Å². The van der Waals surface area contributed by atoms with E-state index in [0.717, 1.165) is 15.6 Å². The number of anilines is 1. The minimum absolute atomic E-state index is 0.162. The van der Waals surface area contributed by atoms with Gasteiger partial charge in [-0.3, -0.25) is 9.78 Å². The smallest absolute Gasteiger partial charge is 0.222 e. The Morgan fingerprint density at radius 2 is 2.00 bits per heavy atom. The van der Waals surface area contributed by atoms with Crippen LogP contribution in [0, 0.1) is 6.92 Å². The molecule has 3 rings (SSSR count). The Labute approximate surface area is 137 Å². The van der Waals surface area contributed by atoms with Gasteiger partial charge in [-0.15, -0.1) is 11.3 Å². The van der Waals surface area contributed by atoms with Gasteiger partial charge in [0.05, 0.1) is 21.8 Å². The molecular formula is C16H14N4O2S. The molecule has 0 bridgehead atoms. The maximum Gasteiger partial charge on any atom is 0.222 e. The number of pyridine rings is 2. The molecule has 7 heteroatoms. The van der Waals surface area contributed by atoms with Gasteiger partial charge in [-0.25, -0.2) is 9.97 Å². The molecule has 3 aromatic heterocycles. The van der Waals surface area contributed by atoms with Gasteiger partial charge in [-0.1, -0.05) is 0 Å². The van der Waals surface area contributed by atoms with Gasteiger partial charge in [0.15, 0.2) is 0 Å². The van der Waals surface area contributed by atoms with Crippen LogP contribution in [0.5, 0.6) is 11.5 Å². The number of hydrogen-bond acceptors (Lipinski definition) is 6. The average Bonchev–Trinajstić information content (AvgIpc) is 2.96. The van der Waals surface area contributed by atoms with Crippen molar-refractivity contribution in [1.82, 2.24) is 15.0 Å². The fraction of sp³-hybridized carbons (Fsp3) is 0.125. The number of carbonyl (C=O) groups excluding carboxylic acids is 1. The molecular weight excluding hydrogens is 312 g/mol. The number of thiazole rings is 1. The second-order valence-electron chi connectivity index (χ2n) is 4.78. The zero-order chi connectivity index (χ0) is 16.2. The molecule has 0 atom stereocenters. The molecule has 0 aliphatic heterocycles. The van der Waals surface area contributed by atoms with Crippen molar-refractivity contribution >= 4 is 23.1 Å². The van der Waals surface area contributed by atoms with E-state index in [-0.39, 0.29) is 5.91 Å².